The maximum atomic E-state index is 12.7. The molecule has 0 aliphatic heterocycles. The molecule has 0 aromatic carbocycles. The van der Waals surface area contributed by atoms with E-state index in [9.17, 15) is 31.1 Å². The predicted octanol–water partition coefficient (Wildman–Crippen LogP) is 5.10. The minimum atomic E-state index is -4.70. The van der Waals surface area contributed by atoms with Crippen LogP contribution in [-0.4, -0.2) is 40.0 Å². The minimum Gasteiger partial charge on any atom is -0.475 e. The lowest BCUT2D eigenvalue weighted by atomic mass is 10.2. The number of rotatable bonds is 6. The molecule has 1 amide bonds. The summed E-state index contributed by atoms with van der Waals surface area (Å²) in [6.07, 6.45) is -8.61. The van der Waals surface area contributed by atoms with E-state index in [2.05, 4.69) is 9.97 Å². The third kappa shape index (κ3) is 5.74. The maximum Gasteiger partial charge on any atom is 0.433 e. The number of hydrogen-bond acceptors (Lipinski definition) is 4. The zero-order valence-corrected chi connectivity index (χ0v) is 16.4. The van der Waals surface area contributed by atoms with E-state index in [1.807, 2.05) is 0 Å². The molecule has 0 unspecified atom stereocenters. The van der Waals surface area contributed by atoms with Crippen LogP contribution in [0, 0.1) is 0 Å². The van der Waals surface area contributed by atoms with Crippen LogP contribution in [0.5, 0.6) is 5.88 Å². The lowest BCUT2D eigenvalue weighted by molar-refractivity contribution is -0.141. The van der Waals surface area contributed by atoms with Crippen molar-refractivity contribution in [3.05, 3.63) is 52.4 Å². The summed E-state index contributed by atoms with van der Waals surface area (Å²) in [6, 6.07) is 2.85. The van der Waals surface area contributed by atoms with Gasteiger partial charge in [-0.05, 0) is 32.0 Å². The molecule has 2 aromatic rings. The molecule has 0 spiro atoms. The number of hydrogen-bond donors (Lipinski definition) is 0. The Morgan fingerprint density at radius 1 is 1.13 bits per heavy atom. The number of halogens is 7. The van der Waals surface area contributed by atoms with Crippen molar-refractivity contribution < 1.29 is 35.9 Å². The summed E-state index contributed by atoms with van der Waals surface area (Å²) in [6.45, 7) is 3.28. The molecule has 5 nitrogen and oxygen atoms in total. The molecule has 0 radical (unpaired) electrons. The first-order chi connectivity index (χ1) is 13.8. The number of carbonyl (C=O) groups excluding carboxylic acids is 1. The van der Waals surface area contributed by atoms with Crippen LogP contribution in [0.3, 0.4) is 0 Å². The van der Waals surface area contributed by atoms with Gasteiger partial charge in [0.15, 0.2) is 0 Å². The van der Waals surface area contributed by atoms with Gasteiger partial charge >= 0.3 is 12.4 Å². The lowest BCUT2D eigenvalue weighted by Crippen LogP contribution is -2.42. The average Bonchev–Trinajstić information content (AvgIpc) is 2.65. The van der Waals surface area contributed by atoms with Gasteiger partial charge in [0.05, 0.1) is 17.2 Å². The zero-order chi connectivity index (χ0) is 22.7. The first-order valence-electron chi connectivity index (χ1n) is 8.55. The largest absolute Gasteiger partial charge is 0.475 e. The Labute approximate surface area is 172 Å². The number of likely N-dealkylation sites (N-methyl/N-ethyl adjacent to an activating group) is 1. The zero-order valence-electron chi connectivity index (χ0n) is 15.7. The fourth-order valence-corrected chi connectivity index (χ4v) is 2.73. The summed E-state index contributed by atoms with van der Waals surface area (Å²) in [5, 5.41) is -0.592. The van der Waals surface area contributed by atoms with Crippen LogP contribution in [0.15, 0.2) is 30.5 Å². The third-order valence-electron chi connectivity index (χ3n) is 4.04. The maximum absolute atomic E-state index is 12.7. The lowest BCUT2D eigenvalue weighted by Gasteiger charge is -2.28. The van der Waals surface area contributed by atoms with Crippen molar-refractivity contribution in [2.75, 3.05) is 13.2 Å². The van der Waals surface area contributed by atoms with Gasteiger partial charge in [0.1, 0.15) is 17.5 Å². The molecule has 12 heteroatoms. The summed E-state index contributed by atoms with van der Waals surface area (Å²) in [7, 11) is 0. The van der Waals surface area contributed by atoms with Crippen molar-refractivity contribution >= 4 is 17.5 Å². The van der Waals surface area contributed by atoms with Crippen molar-refractivity contribution in [3.63, 3.8) is 0 Å². The highest BCUT2D eigenvalue weighted by Crippen LogP contribution is 2.30. The molecule has 2 heterocycles. The van der Waals surface area contributed by atoms with Gasteiger partial charge in [0, 0.05) is 18.8 Å². The summed E-state index contributed by atoms with van der Waals surface area (Å²) >= 11 is 5.77. The number of pyridine rings is 2. The smallest absolute Gasteiger partial charge is 0.433 e. The molecule has 1 atom stereocenters. The Balaban J connectivity index is 2.08. The number of alkyl halides is 6. The van der Waals surface area contributed by atoms with Gasteiger partial charge in [-0.2, -0.15) is 26.3 Å². The van der Waals surface area contributed by atoms with Crippen molar-refractivity contribution in [2.24, 2.45) is 0 Å². The Morgan fingerprint density at radius 3 is 2.27 bits per heavy atom. The molecular formula is C18H16ClF6N3O2. The van der Waals surface area contributed by atoms with Gasteiger partial charge in [0.25, 0.3) is 5.91 Å². The topological polar surface area (TPSA) is 55.3 Å². The Kier molecular flexibility index (Phi) is 7.17. The highest BCUT2D eigenvalue weighted by atomic mass is 35.5. The van der Waals surface area contributed by atoms with Crippen molar-refractivity contribution in [1.29, 1.82) is 0 Å². The number of aromatic nitrogens is 2. The van der Waals surface area contributed by atoms with E-state index in [4.69, 9.17) is 16.3 Å². The summed E-state index contributed by atoms with van der Waals surface area (Å²) < 4.78 is 81.1. The average molecular weight is 456 g/mol. The third-order valence-corrected chi connectivity index (χ3v) is 4.33. The Morgan fingerprint density at radius 2 is 1.80 bits per heavy atom. The second-order valence-corrected chi connectivity index (χ2v) is 6.52. The van der Waals surface area contributed by atoms with E-state index in [-0.39, 0.29) is 24.6 Å². The summed E-state index contributed by atoms with van der Waals surface area (Å²) in [5.74, 6) is -0.743. The first-order valence-corrected chi connectivity index (χ1v) is 8.93. The second-order valence-electron chi connectivity index (χ2n) is 6.17. The van der Waals surface area contributed by atoms with E-state index in [1.54, 1.807) is 13.8 Å². The van der Waals surface area contributed by atoms with Crippen LogP contribution in [0.25, 0.3) is 0 Å². The highest BCUT2D eigenvalue weighted by Gasteiger charge is 2.34. The Hall–Kier alpha value is -2.56. The highest BCUT2D eigenvalue weighted by molar-refractivity contribution is 6.32. The number of nitrogens with zero attached hydrogens (tertiary/aromatic N) is 3. The number of amides is 1. The van der Waals surface area contributed by atoms with Crippen LogP contribution in [-0.2, 0) is 12.4 Å². The molecule has 0 aliphatic rings. The number of ether oxygens (including phenoxy) is 1. The van der Waals surface area contributed by atoms with Gasteiger partial charge in [-0.25, -0.2) is 9.97 Å². The fourth-order valence-electron chi connectivity index (χ4n) is 2.49. The van der Waals surface area contributed by atoms with E-state index in [0.29, 0.717) is 12.3 Å². The second kappa shape index (κ2) is 9.07. The first kappa shape index (κ1) is 23.7. The van der Waals surface area contributed by atoms with Crippen molar-refractivity contribution in [2.45, 2.75) is 32.2 Å². The summed E-state index contributed by atoms with van der Waals surface area (Å²) in [5.41, 5.74) is -2.37. The minimum absolute atomic E-state index is 0.0763. The summed E-state index contributed by atoms with van der Waals surface area (Å²) in [4.78, 5) is 20.8. The van der Waals surface area contributed by atoms with Crippen molar-refractivity contribution in [1.82, 2.24) is 14.9 Å². The van der Waals surface area contributed by atoms with E-state index >= 15 is 0 Å². The quantitative estimate of drug-likeness (QED) is 0.449. The van der Waals surface area contributed by atoms with Gasteiger partial charge in [-0.1, -0.05) is 11.6 Å². The molecule has 0 fully saturated rings. The standard InChI is InChI=1S/C18H16ClF6N3O2/c1-3-28(16(29)12-5-6-13(18(23,24)25)27-15(12)19)10(2)9-30-14-7-4-11(8-26-14)17(20,21)22/h4-8,10H,3,9H2,1-2H3/t10-/m0/s1. The molecule has 30 heavy (non-hydrogen) atoms. The van der Waals surface area contributed by atoms with Gasteiger partial charge in [-0.15, -0.1) is 0 Å². The molecular weight excluding hydrogens is 440 g/mol. The predicted molar refractivity (Wildman–Crippen MR) is 95.2 cm³/mol. The Bertz CT molecular complexity index is 887. The number of carbonyl (C=O) groups is 1. The molecule has 0 bridgehead atoms. The molecule has 0 N–H and O–H groups in total. The van der Waals surface area contributed by atoms with Crippen LogP contribution < -0.4 is 4.74 Å². The molecule has 164 valence electrons. The molecule has 2 rings (SSSR count). The van der Waals surface area contributed by atoms with Gasteiger partial charge in [-0.3, -0.25) is 4.79 Å². The fraction of sp³-hybridized carbons (Fsp3) is 0.389. The van der Waals surface area contributed by atoms with E-state index < -0.39 is 40.7 Å². The van der Waals surface area contributed by atoms with Crippen LogP contribution in [0.4, 0.5) is 26.3 Å². The van der Waals surface area contributed by atoms with E-state index in [0.717, 1.165) is 18.2 Å². The van der Waals surface area contributed by atoms with Gasteiger partial charge in [0.2, 0.25) is 5.88 Å². The molecule has 0 saturated heterocycles. The van der Waals surface area contributed by atoms with E-state index in [1.165, 1.54) is 4.90 Å². The van der Waals surface area contributed by atoms with Crippen LogP contribution >= 0.6 is 11.6 Å². The van der Waals surface area contributed by atoms with Gasteiger partial charge < -0.3 is 9.64 Å². The van der Waals surface area contributed by atoms with Crippen LogP contribution in [0.1, 0.15) is 35.5 Å². The molecule has 0 saturated carbocycles. The molecule has 2 aromatic heterocycles. The SMILES string of the molecule is CCN(C(=O)c1ccc(C(F)(F)F)nc1Cl)[C@@H](C)COc1ccc(C(F)(F)F)cn1. The van der Waals surface area contributed by atoms with Crippen LogP contribution in [0.2, 0.25) is 5.15 Å². The van der Waals surface area contributed by atoms with Crippen molar-refractivity contribution in [3.8, 4) is 5.88 Å². The monoisotopic (exact) mass is 455 g/mol. The normalized spacial score (nSPS) is 13.1. The molecule has 0 aliphatic carbocycles.